The highest BCUT2D eigenvalue weighted by Crippen LogP contribution is 2.73. The topological polar surface area (TPSA) is 86.7 Å². The molecule has 6 rings (SSSR count). The van der Waals surface area contributed by atoms with E-state index in [4.69, 9.17) is 7.26 Å². The van der Waals surface area contributed by atoms with Gasteiger partial charge in [-0.25, -0.2) is 7.26 Å². The lowest BCUT2D eigenvalue weighted by atomic mass is 9.87. The summed E-state index contributed by atoms with van der Waals surface area (Å²) in [4.78, 5) is 1.54. The number of hydrogen-bond acceptors (Lipinski definition) is 6. The average Bonchev–Trinajstić information content (AvgIpc) is 3.20. The molecule has 0 saturated heterocycles. The summed E-state index contributed by atoms with van der Waals surface area (Å²) in [5.74, 6) is 0. The van der Waals surface area contributed by atoms with Gasteiger partial charge in [0.15, 0.2) is 0 Å². The number of alkyl halides is 2. The zero-order valence-electron chi connectivity index (χ0n) is 32.5. The minimum absolute atomic E-state index is 0.255. The molecule has 0 bridgehead atoms. The molecule has 12 heteroatoms. The summed E-state index contributed by atoms with van der Waals surface area (Å²) in [5, 5.41) is 0. The van der Waals surface area contributed by atoms with Crippen LogP contribution >= 0.6 is 20.6 Å². The SMILES string of the molecule is CC(C)(C)c1ccc(S(OS(=O)(=O)C(F)(F)S(=O)(=O)OS(c2ccccc2)(c2ccccc2)c2ccc(C(C)(C)C)cc2)(c2ccccc2)c2ccccc2)cc1. The molecular weight excluding hydrogens is 803 g/mol. The quantitative estimate of drug-likeness (QED) is 0.122. The molecule has 0 atom stereocenters. The van der Waals surface area contributed by atoms with E-state index in [1.807, 2.05) is 41.5 Å². The Balaban J connectivity index is 1.56. The van der Waals surface area contributed by atoms with E-state index in [1.165, 1.54) is 0 Å². The van der Waals surface area contributed by atoms with Crippen LogP contribution in [0.3, 0.4) is 0 Å². The van der Waals surface area contributed by atoms with Gasteiger partial charge in [-0.1, -0.05) is 139 Å². The van der Waals surface area contributed by atoms with Crippen molar-refractivity contribution in [1.82, 2.24) is 0 Å². The minimum atomic E-state index is -6.40. The summed E-state index contributed by atoms with van der Waals surface area (Å²) in [6, 6.07) is 46.3. The van der Waals surface area contributed by atoms with Gasteiger partial charge in [0.25, 0.3) is 0 Å². The molecule has 6 nitrogen and oxygen atoms in total. The highest BCUT2D eigenvalue weighted by Gasteiger charge is 2.64. The van der Waals surface area contributed by atoms with E-state index in [2.05, 4.69) is 0 Å². The number of halogens is 2. The van der Waals surface area contributed by atoms with Crippen molar-refractivity contribution in [1.29, 1.82) is 0 Å². The molecule has 0 aliphatic rings. The fourth-order valence-electron chi connectivity index (χ4n) is 6.27. The number of hydrogen-bond donors (Lipinski definition) is 0. The Morgan fingerprint density at radius 3 is 0.772 bits per heavy atom. The van der Waals surface area contributed by atoms with Crippen LogP contribution in [0.15, 0.2) is 199 Å². The molecule has 0 saturated carbocycles. The van der Waals surface area contributed by atoms with Crippen LogP contribution < -0.4 is 0 Å². The first-order valence-electron chi connectivity index (χ1n) is 18.1. The molecule has 0 amide bonds. The number of rotatable bonds is 12. The Hall–Kier alpha value is -4.30. The van der Waals surface area contributed by atoms with Crippen LogP contribution in [-0.2, 0) is 38.3 Å². The Labute approximate surface area is 339 Å². The lowest BCUT2D eigenvalue weighted by molar-refractivity contribution is 0.159. The van der Waals surface area contributed by atoms with Crippen LogP contribution in [0.5, 0.6) is 0 Å². The third-order valence-electron chi connectivity index (χ3n) is 9.37. The van der Waals surface area contributed by atoms with Crippen LogP contribution in [0.4, 0.5) is 8.78 Å². The average molecular weight is 849 g/mol. The van der Waals surface area contributed by atoms with Gasteiger partial charge in [0, 0.05) is 29.4 Å². The van der Waals surface area contributed by atoms with Crippen molar-refractivity contribution in [2.45, 2.75) is 86.3 Å². The fourth-order valence-corrected chi connectivity index (χ4v) is 17.3. The van der Waals surface area contributed by atoms with Gasteiger partial charge in [-0.05, 0) is 115 Å². The highest BCUT2D eigenvalue weighted by molar-refractivity contribution is 8.35. The van der Waals surface area contributed by atoms with Crippen molar-refractivity contribution in [3.8, 4) is 0 Å². The highest BCUT2D eigenvalue weighted by atomic mass is 32.3. The normalized spacial score (nSPS) is 13.9. The molecule has 0 N–H and O–H groups in total. The molecule has 0 fully saturated rings. The zero-order valence-corrected chi connectivity index (χ0v) is 35.8. The Kier molecular flexibility index (Phi) is 11.7. The summed E-state index contributed by atoms with van der Waals surface area (Å²) in [6.45, 7) is 12.1. The summed E-state index contributed by atoms with van der Waals surface area (Å²) < 4.78 is 98.6. The van der Waals surface area contributed by atoms with Crippen LogP contribution in [0.2, 0.25) is 0 Å². The van der Waals surface area contributed by atoms with Crippen LogP contribution in [0.1, 0.15) is 52.7 Å². The molecule has 6 aromatic rings. The van der Waals surface area contributed by atoms with Crippen molar-refractivity contribution in [2.75, 3.05) is 0 Å². The second-order valence-corrected chi connectivity index (χ2v) is 24.7. The molecule has 6 aromatic carbocycles. The lowest BCUT2D eigenvalue weighted by Crippen LogP contribution is -2.41. The summed E-state index contributed by atoms with van der Waals surface area (Å²) >= 11 is 0. The van der Waals surface area contributed by atoms with Gasteiger partial charge in [-0.2, -0.15) is 25.6 Å². The van der Waals surface area contributed by atoms with Gasteiger partial charge in [0.05, 0.1) is 0 Å². The van der Waals surface area contributed by atoms with E-state index < -0.39 is 45.4 Å². The van der Waals surface area contributed by atoms with Gasteiger partial charge in [-0.15, -0.1) is 0 Å². The van der Waals surface area contributed by atoms with E-state index in [1.54, 1.807) is 170 Å². The maximum absolute atomic E-state index is 17.2. The van der Waals surface area contributed by atoms with Crippen LogP contribution in [-0.4, -0.2) is 21.4 Å². The summed E-state index contributed by atoms with van der Waals surface area (Å²) in [5.41, 5.74) is 1.23. The second-order valence-electron chi connectivity index (χ2n) is 15.4. The smallest absolute Gasteiger partial charge is 0.201 e. The monoisotopic (exact) mass is 848 g/mol. The molecule has 300 valence electrons. The molecule has 0 aliphatic carbocycles. The molecule has 57 heavy (non-hydrogen) atoms. The first kappa shape index (κ1) is 42.3. The van der Waals surface area contributed by atoms with Crippen molar-refractivity contribution < 1.29 is 32.9 Å². The maximum Gasteiger partial charge on any atom is 0.498 e. The van der Waals surface area contributed by atoms with Gasteiger partial charge in [0.1, 0.15) is 0 Å². The van der Waals surface area contributed by atoms with E-state index in [0.717, 1.165) is 11.1 Å². The van der Waals surface area contributed by atoms with Gasteiger partial charge >= 0.3 is 24.8 Å². The predicted octanol–water partition coefficient (Wildman–Crippen LogP) is 12.6. The molecule has 0 spiro atoms. The third-order valence-corrected chi connectivity index (χ3v) is 20.4. The lowest BCUT2D eigenvalue weighted by Gasteiger charge is -2.42. The first-order chi connectivity index (χ1) is 26.8. The Morgan fingerprint density at radius 1 is 0.351 bits per heavy atom. The van der Waals surface area contributed by atoms with Crippen molar-refractivity contribution >= 4 is 40.9 Å². The van der Waals surface area contributed by atoms with E-state index >= 15 is 8.78 Å². The Bertz CT molecular complexity index is 2250. The van der Waals surface area contributed by atoms with Crippen molar-refractivity contribution in [3.05, 3.63) is 181 Å². The van der Waals surface area contributed by atoms with Crippen LogP contribution in [0, 0.1) is 0 Å². The number of benzene rings is 6. The van der Waals surface area contributed by atoms with Gasteiger partial charge in [0.2, 0.25) is 0 Å². The molecular formula is C45H46F2O6S4. The third kappa shape index (κ3) is 8.08. The van der Waals surface area contributed by atoms with E-state index in [0.29, 0.717) is 0 Å². The molecule has 0 aromatic heterocycles. The minimum Gasteiger partial charge on any atom is -0.201 e. The molecule has 0 aliphatic heterocycles. The molecule has 0 heterocycles. The van der Waals surface area contributed by atoms with Crippen LogP contribution in [0.25, 0.3) is 0 Å². The first-order valence-corrected chi connectivity index (χ1v) is 24.1. The van der Waals surface area contributed by atoms with E-state index in [9.17, 15) is 16.8 Å². The van der Waals surface area contributed by atoms with Gasteiger partial charge in [-0.3, -0.25) is 0 Å². The maximum atomic E-state index is 17.2. The molecule has 0 radical (unpaired) electrons. The van der Waals surface area contributed by atoms with Gasteiger partial charge < -0.3 is 0 Å². The fraction of sp³-hybridized carbons (Fsp3) is 0.200. The zero-order chi connectivity index (χ0) is 41.3. The summed E-state index contributed by atoms with van der Waals surface area (Å²) in [7, 11) is -20.0. The standard InChI is InChI=1S/C45H46F2O6S4/c1-43(2,3)35-27-31-41(32-28-35)54(37-19-11-7-12-20-37,38-21-13-8-14-22-38)52-56(48,49)45(46,47)57(50,51)53-55(39-23-15-9-16-24-39,40-25-17-10-18-26-40)42-33-29-36(30-34-42)44(4,5)6/h7-34H,1-6H3. The predicted molar refractivity (Wildman–Crippen MR) is 226 cm³/mol. The van der Waals surface area contributed by atoms with E-state index in [-0.39, 0.29) is 40.2 Å². The van der Waals surface area contributed by atoms with Crippen molar-refractivity contribution in [2.24, 2.45) is 0 Å². The Morgan fingerprint density at radius 2 is 0.561 bits per heavy atom. The second kappa shape index (κ2) is 15.8. The molecule has 0 unspecified atom stereocenters. The largest absolute Gasteiger partial charge is 0.498 e. The summed E-state index contributed by atoms with van der Waals surface area (Å²) in [6.07, 6.45) is 0. The van der Waals surface area contributed by atoms with Crippen molar-refractivity contribution in [3.63, 3.8) is 0 Å².